The van der Waals surface area contributed by atoms with Crippen LogP contribution in [0, 0.1) is 10.1 Å². The molecule has 0 amide bonds. The first-order chi connectivity index (χ1) is 9.77. The Labute approximate surface area is 125 Å². The van der Waals surface area contributed by atoms with Gasteiger partial charge in [0.05, 0.1) is 10.5 Å². The number of benzene rings is 1. The number of nitro groups is 1. The van der Waals surface area contributed by atoms with E-state index in [1.165, 1.54) is 13.0 Å². The van der Waals surface area contributed by atoms with Crippen molar-refractivity contribution >= 4 is 17.2 Å². The molecule has 0 aliphatic carbocycles. The fourth-order valence-corrected chi connectivity index (χ4v) is 2.52. The summed E-state index contributed by atoms with van der Waals surface area (Å²) in [5.74, 6) is -0.294. The highest BCUT2D eigenvalue weighted by Gasteiger charge is 2.21. The zero-order valence-corrected chi connectivity index (χ0v) is 13.3. The molecule has 1 unspecified atom stereocenters. The molecule has 0 heterocycles. The number of nitrogens with zero attached hydrogens (tertiary/aromatic N) is 3. The van der Waals surface area contributed by atoms with Crippen LogP contribution in [0.2, 0.25) is 0 Å². The van der Waals surface area contributed by atoms with E-state index in [0.717, 1.165) is 18.8 Å². The van der Waals surface area contributed by atoms with Gasteiger partial charge in [-0.25, -0.2) is 0 Å². The molecule has 0 aliphatic heterocycles. The minimum atomic E-state index is -0.495. The van der Waals surface area contributed by atoms with E-state index in [1.807, 2.05) is 21.0 Å². The molecule has 0 bridgehead atoms. The van der Waals surface area contributed by atoms with Gasteiger partial charge in [0.15, 0.2) is 5.78 Å². The second-order valence-electron chi connectivity index (χ2n) is 5.41. The minimum absolute atomic E-state index is 0.129. The summed E-state index contributed by atoms with van der Waals surface area (Å²) in [6.45, 7) is 7.01. The van der Waals surface area contributed by atoms with Gasteiger partial charge in [0.1, 0.15) is 0 Å². The molecule has 0 aliphatic rings. The molecule has 6 nitrogen and oxygen atoms in total. The highest BCUT2D eigenvalue weighted by atomic mass is 16.6. The normalized spacial score (nSPS) is 12.3. The van der Waals surface area contributed by atoms with Gasteiger partial charge in [-0.05, 0) is 47.0 Å². The third-order valence-corrected chi connectivity index (χ3v) is 3.39. The van der Waals surface area contributed by atoms with Crippen LogP contribution in [0.4, 0.5) is 11.4 Å². The number of carbonyl (C=O) groups excluding carboxylic acids is 1. The lowest BCUT2D eigenvalue weighted by molar-refractivity contribution is -0.385. The third-order valence-electron chi connectivity index (χ3n) is 3.39. The van der Waals surface area contributed by atoms with Crippen molar-refractivity contribution in [2.45, 2.75) is 26.8 Å². The Morgan fingerprint density at radius 3 is 2.43 bits per heavy atom. The number of likely N-dealkylation sites (N-methyl/N-ethyl adjacent to an activating group) is 2. The standard InChI is InChI=1S/C15H23N3O3/c1-6-17(11(2)10-16(4)5)13-7-8-14(12(3)19)15(9-13)18(20)21/h7-9,11H,6,10H2,1-5H3. The van der Waals surface area contributed by atoms with Gasteiger partial charge in [0.2, 0.25) is 0 Å². The Morgan fingerprint density at radius 2 is 2.00 bits per heavy atom. The van der Waals surface area contributed by atoms with Crippen molar-refractivity contribution in [1.82, 2.24) is 4.90 Å². The molecular formula is C15H23N3O3. The summed E-state index contributed by atoms with van der Waals surface area (Å²) in [6, 6.07) is 5.03. The van der Waals surface area contributed by atoms with Gasteiger partial charge in [-0.1, -0.05) is 0 Å². The third kappa shape index (κ3) is 4.26. The Kier molecular flexibility index (Phi) is 5.84. The van der Waals surface area contributed by atoms with Crippen molar-refractivity contribution in [2.75, 3.05) is 32.1 Å². The first-order valence-corrected chi connectivity index (χ1v) is 6.98. The first-order valence-electron chi connectivity index (χ1n) is 6.98. The molecule has 1 rings (SSSR count). The van der Waals surface area contributed by atoms with Crippen molar-refractivity contribution in [3.05, 3.63) is 33.9 Å². The van der Waals surface area contributed by atoms with Crippen LogP contribution in [-0.2, 0) is 0 Å². The molecule has 0 spiro atoms. The van der Waals surface area contributed by atoms with E-state index in [2.05, 4.69) is 16.7 Å². The lowest BCUT2D eigenvalue weighted by atomic mass is 10.1. The second kappa shape index (κ2) is 7.17. The van der Waals surface area contributed by atoms with Crippen LogP contribution in [0.5, 0.6) is 0 Å². The van der Waals surface area contributed by atoms with Crippen molar-refractivity contribution in [1.29, 1.82) is 0 Å². The average molecular weight is 293 g/mol. The maximum atomic E-state index is 11.5. The van der Waals surface area contributed by atoms with Gasteiger partial charge < -0.3 is 9.80 Å². The number of Topliss-reactive ketones (excluding diaryl/α,β-unsaturated/α-hetero) is 1. The summed E-state index contributed by atoms with van der Waals surface area (Å²) >= 11 is 0. The van der Waals surface area contributed by atoms with Crippen LogP contribution < -0.4 is 4.90 Å². The molecule has 1 atom stereocenters. The van der Waals surface area contributed by atoms with E-state index in [9.17, 15) is 14.9 Å². The molecule has 0 N–H and O–H groups in total. The number of carbonyl (C=O) groups is 1. The lowest BCUT2D eigenvalue weighted by Gasteiger charge is -2.32. The van der Waals surface area contributed by atoms with E-state index in [-0.39, 0.29) is 23.1 Å². The molecule has 21 heavy (non-hydrogen) atoms. The number of hydrogen-bond acceptors (Lipinski definition) is 5. The molecule has 0 fully saturated rings. The quantitative estimate of drug-likeness (QED) is 0.439. The lowest BCUT2D eigenvalue weighted by Crippen LogP contribution is -2.40. The number of anilines is 1. The molecule has 0 saturated carbocycles. The van der Waals surface area contributed by atoms with Gasteiger partial charge in [-0.3, -0.25) is 14.9 Å². The summed E-state index contributed by atoms with van der Waals surface area (Å²) < 4.78 is 0. The van der Waals surface area contributed by atoms with Gasteiger partial charge in [0.25, 0.3) is 5.69 Å². The van der Waals surface area contributed by atoms with Crippen molar-refractivity contribution < 1.29 is 9.72 Å². The van der Waals surface area contributed by atoms with E-state index in [1.54, 1.807) is 12.1 Å². The van der Waals surface area contributed by atoms with Crippen LogP contribution in [-0.4, -0.2) is 48.8 Å². The van der Waals surface area contributed by atoms with Crippen LogP contribution >= 0.6 is 0 Å². The van der Waals surface area contributed by atoms with E-state index in [4.69, 9.17) is 0 Å². The minimum Gasteiger partial charge on any atom is -0.368 e. The zero-order valence-electron chi connectivity index (χ0n) is 13.3. The summed E-state index contributed by atoms with van der Waals surface area (Å²) in [4.78, 5) is 26.3. The van der Waals surface area contributed by atoms with Gasteiger partial charge in [-0.2, -0.15) is 0 Å². The van der Waals surface area contributed by atoms with E-state index >= 15 is 0 Å². The summed E-state index contributed by atoms with van der Waals surface area (Å²) in [5.41, 5.74) is 0.791. The summed E-state index contributed by atoms with van der Waals surface area (Å²) in [7, 11) is 3.98. The topological polar surface area (TPSA) is 66.7 Å². The highest BCUT2D eigenvalue weighted by molar-refractivity contribution is 5.98. The van der Waals surface area contributed by atoms with Gasteiger partial charge in [0, 0.05) is 30.9 Å². The Morgan fingerprint density at radius 1 is 1.38 bits per heavy atom. The second-order valence-corrected chi connectivity index (χ2v) is 5.41. The van der Waals surface area contributed by atoms with E-state index < -0.39 is 4.92 Å². The van der Waals surface area contributed by atoms with Gasteiger partial charge in [-0.15, -0.1) is 0 Å². The molecule has 6 heteroatoms. The smallest absolute Gasteiger partial charge is 0.282 e. The Bertz CT molecular complexity index is 529. The fourth-order valence-electron chi connectivity index (χ4n) is 2.52. The first kappa shape index (κ1) is 17.1. The molecule has 1 aromatic rings. The maximum absolute atomic E-state index is 11.5. The maximum Gasteiger partial charge on any atom is 0.282 e. The predicted octanol–water partition coefficient (Wildman–Crippen LogP) is 2.57. The van der Waals surface area contributed by atoms with Crippen LogP contribution in [0.25, 0.3) is 0 Å². The number of hydrogen-bond donors (Lipinski definition) is 0. The van der Waals surface area contributed by atoms with Crippen LogP contribution in [0.15, 0.2) is 18.2 Å². The number of ketones is 1. The highest BCUT2D eigenvalue weighted by Crippen LogP contribution is 2.27. The largest absolute Gasteiger partial charge is 0.368 e. The SMILES string of the molecule is CCN(c1ccc(C(C)=O)c([N+](=O)[O-])c1)C(C)CN(C)C. The van der Waals surface area contributed by atoms with E-state index in [0.29, 0.717) is 0 Å². The fraction of sp³-hybridized carbons (Fsp3) is 0.533. The van der Waals surface area contributed by atoms with Crippen LogP contribution in [0.1, 0.15) is 31.1 Å². The summed E-state index contributed by atoms with van der Waals surface area (Å²) in [5, 5.41) is 11.2. The van der Waals surface area contributed by atoms with Crippen molar-refractivity contribution in [3.8, 4) is 0 Å². The average Bonchev–Trinajstić information content (AvgIpc) is 2.38. The van der Waals surface area contributed by atoms with Crippen molar-refractivity contribution in [2.24, 2.45) is 0 Å². The zero-order chi connectivity index (χ0) is 16.2. The van der Waals surface area contributed by atoms with Crippen molar-refractivity contribution in [3.63, 3.8) is 0 Å². The monoisotopic (exact) mass is 293 g/mol. The molecule has 116 valence electrons. The summed E-state index contributed by atoms with van der Waals surface area (Å²) in [6.07, 6.45) is 0. The van der Waals surface area contributed by atoms with Crippen LogP contribution in [0.3, 0.4) is 0 Å². The molecule has 0 radical (unpaired) electrons. The molecule has 0 aromatic heterocycles. The molecular weight excluding hydrogens is 270 g/mol. The molecule has 0 saturated heterocycles. The Hall–Kier alpha value is -1.95. The Balaban J connectivity index is 3.20. The number of rotatable bonds is 7. The van der Waals surface area contributed by atoms with Gasteiger partial charge >= 0.3 is 0 Å². The molecule has 1 aromatic carbocycles. The number of nitro benzene ring substituents is 1. The predicted molar refractivity (Wildman–Crippen MR) is 84.1 cm³/mol.